The van der Waals surface area contributed by atoms with Crippen molar-refractivity contribution in [2.75, 3.05) is 39.9 Å². The lowest BCUT2D eigenvalue weighted by Gasteiger charge is -2.44. The van der Waals surface area contributed by atoms with Gasteiger partial charge in [0.2, 0.25) is 0 Å². The van der Waals surface area contributed by atoms with Crippen LogP contribution in [-0.4, -0.2) is 50.8 Å². The molecule has 0 aromatic carbocycles. The third kappa shape index (κ3) is 5.05. The summed E-state index contributed by atoms with van der Waals surface area (Å²) in [5.74, 6) is 1.03. The molecular weight excluding hydrogens is 236 g/mol. The highest BCUT2D eigenvalue weighted by molar-refractivity contribution is 4.87. The van der Waals surface area contributed by atoms with Crippen molar-refractivity contribution in [3.63, 3.8) is 0 Å². The first-order valence-corrected chi connectivity index (χ1v) is 8.35. The van der Waals surface area contributed by atoms with Crippen LogP contribution < -0.4 is 5.32 Å². The predicted molar refractivity (Wildman–Crippen MR) is 80.5 cm³/mol. The van der Waals surface area contributed by atoms with Gasteiger partial charge in [0, 0.05) is 19.7 Å². The minimum atomic E-state index is 0.829. The van der Waals surface area contributed by atoms with Gasteiger partial charge in [-0.1, -0.05) is 12.8 Å². The van der Waals surface area contributed by atoms with Gasteiger partial charge >= 0.3 is 0 Å². The highest BCUT2D eigenvalue weighted by atomic mass is 16.5. The normalized spacial score (nSPS) is 28.3. The molecule has 112 valence electrons. The number of likely N-dealkylation sites (tertiary alicyclic amines) is 1. The van der Waals surface area contributed by atoms with E-state index in [0.29, 0.717) is 0 Å². The Kier molecular flexibility index (Phi) is 7.18. The molecule has 0 unspecified atom stereocenters. The third-order valence-electron chi connectivity index (χ3n) is 4.89. The van der Waals surface area contributed by atoms with Crippen molar-refractivity contribution in [3.05, 3.63) is 0 Å². The van der Waals surface area contributed by atoms with Crippen LogP contribution in [0, 0.1) is 5.92 Å². The summed E-state index contributed by atoms with van der Waals surface area (Å²) < 4.78 is 5.03. The first-order chi connectivity index (χ1) is 9.42. The predicted octanol–water partition coefficient (Wildman–Crippen LogP) is 2.66. The molecule has 1 aliphatic heterocycles. The van der Waals surface area contributed by atoms with Gasteiger partial charge in [-0.25, -0.2) is 0 Å². The van der Waals surface area contributed by atoms with Gasteiger partial charge < -0.3 is 15.0 Å². The molecule has 3 nitrogen and oxygen atoms in total. The minimum Gasteiger partial charge on any atom is -0.383 e. The van der Waals surface area contributed by atoms with Crippen molar-refractivity contribution >= 4 is 0 Å². The lowest BCUT2D eigenvalue weighted by atomic mass is 9.78. The van der Waals surface area contributed by atoms with Crippen LogP contribution in [0.3, 0.4) is 0 Å². The Morgan fingerprint density at radius 1 is 1.05 bits per heavy atom. The van der Waals surface area contributed by atoms with Crippen molar-refractivity contribution in [2.24, 2.45) is 5.92 Å². The number of hydrogen-bond donors (Lipinski definition) is 1. The van der Waals surface area contributed by atoms with E-state index in [2.05, 4.69) is 10.2 Å². The van der Waals surface area contributed by atoms with Gasteiger partial charge in [-0.3, -0.25) is 0 Å². The maximum absolute atomic E-state index is 5.03. The number of fused-ring (bicyclic) bond motifs is 1. The van der Waals surface area contributed by atoms with E-state index >= 15 is 0 Å². The maximum atomic E-state index is 5.03. The summed E-state index contributed by atoms with van der Waals surface area (Å²) in [5.41, 5.74) is 0. The first-order valence-electron chi connectivity index (χ1n) is 8.35. The number of hydrogen-bond acceptors (Lipinski definition) is 3. The molecule has 2 rings (SSSR count). The van der Waals surface area contributed by atoms with E-state index in [-0.39, 0.29) is 0 Å². The topological polar surface area (TPSA) is 24.5 Å². The summed E-state index contributed by atoms with van der Waals surface area (Å²) in [6, 6.07) is 0.934. The second-order valence-electron chi connectivity index (χ2n) is 6.24. The average molecular weight is 268 g/mol. The Bertz CT molecular complexity index is 233. The van der Waals surface area contributed by atoms with Gasteiger partial charge in [0.1, 0.15) is 0 Å². The molecule has 2 aliphatic rings. The van der Waals surface area contributed by atoms with Crippen molar-refractivity contribution in [1.82, 2.24) is 10.2 Å². The van der Waals surface area contributed by atoms with Crippen LogP contribution in [0.15, 0.2) is 0 Å². The van der Waals surface area contributed by atoms with Gasteiger partial charge in [-0.15, -0.1) is 0 Å². The lowest BCUT2D eigenvalue weighted by Crippen LogP contribution is -2.47. The molecule has 2 fully saturated rings. The maximum Gasteiger partial charge on any atom is 0.0587 e. The fraction of sp³-hybridized carbons (Fsp3) is 1.00. The number of piperidine rings is 1. The van der Waals surface area contributed by atoms with E-state index in [0.717, 1.165) is 31.7 Å². The summed E-state index contributed by atoms with van der Waals surface area (Å²) in [4.78, 5) is 2.81. The average Bonchev–Trinajstić information content (AvgIpc) is 2.46. The van der Waals surface area contributed by atoms with E-state index in [1.807, 2.05) is 0 Å². The quantitative estimate of drug-likeness (QED) is 0.685. The molecule has 1 N–H and O–H groups in total. The molecule has 2 atom stereocenters. The molecule has 0 spiro atoms. The molecule has 1 aliphatic carbocycles. The Hall–Kier alpha value is -0.120. The molecular formula is C16H32N2O. The van der Waals surface area contributed by atoms with E-state index in [1.165, 1.54) is 64.5 Å². The van der Waals surface area contributed by atoms with Gasteiger partial charge in [0.15, 0.2) is 0 Å². The number of rotatable bonds is 8. The highest BCUT2D eigenvalue weighted by Gasteiger charge is 2.32. The van der Waals surface area contributed by atoms with Gasteiger partial charge in [-0.05, 0) is 64.1 Å². The lowest BCUT2D eigenvalue weighted by molar-refractivity contribution is 0.0597. The van der Waals surface area contributed by atoms with E-state index in [4.69, 9.17) is 4.74 Å². The Labute approximate surface area is 119 Å². The smallest absolute Gasteiger partial charge is 0.0587 e. The van der Waals surface area contributed by atoms with Gasteiger partial charge in [0.25, 0.3) is 0 Å². The van der Waals surface area contributed by atoms with Crippen molar-refractivity contribution in [1.29, 1.82) is 0 Å². The molecule has 0 radical (unpaired) electrons. The minimum absolute atomic E-state index is 0.829. The van der Waals surface area contributed by atoms with Gasteiger partial charge in [-0.2, -0.15) is 0 Å². The molecule has 1 heterocycles. The van der Waals surface area contributed by atoms with Crippen molar-refractivity contribution in [2.45, 2.75) is 57.4 Å². The summed E-state index contributed by atoms with van der Waals surface area (Å²) in [5, 5.41) is 3.44. The van der Waals surface area contributed by atoms with Crippen LogP contribution in [0.2, 0.25) is 0 Å². The number of nitrogens with zero attached hydrogens (tertiary/aromatic N) is 1. The molecule has 0 amide bonds. The fourth-order valence-electron chi connectivity index (χ4n) is 3.87. The van der Waals surface area contributed by atoms with E-state index < -0.39 is 0 Å². The molecule has 0 aromatic rings. The van der Waals surface area contributed by atoms with Crippen LogP contribution >= 0.6 is 0 Å². The SMILES string of the molecule is COCCNCCCCN1CCC[C@H]2CCCC[C@H]21. The summed E-state index contributed by atoms with van der Waals surface area (Å²) in [7, 11) is 1.76. The molecule has 0 bridgehead atoms. The van der Waals surface area contributed by atoms with Crippen LogP contribution in [0.4, 0.5) is 0 Å². The monoisotopic (exact) mass is 268 g/mol. The molecule has 19 heavy (non-hydrogen) atoms. The number of ether oxygens (including phenoxy) is 1. The molecule has 1 saturated carbocycles. The standard InChI is InChI=1S/C16H32N2O/c1-19-14-11-17-10-4-5-12-18-13-6-8-15-7-2-3-9-16(15)18/h15-17H,2-14H2,1H3/t15-,16-/m1/s1. The molecule has 0 aromatic heterocycles. The van der Waals surface area contributed by atoms with Crippen LogP contribution in [0.5, 0.6) is 0 Å². The zero-order valence-corrected chi connectivity index (χ0v) is 12.7. The van der Waals surface area contributed by atoms with Crippen molar-refractivity contribution < 1.29 is 4.74 Å². The fourth-order valence-corrected chi connectivity index (χ4v) is 3.87. The van der Waals surface area contributed by atoms with E-state index in [9.17, 15) is 0 Å². The van der Waals surface area contributed by atoms with Crippen LogP contribution in [-0.2, 0) is 4.74 Å². The summed E-state index contributed by atoms with van der Waals surface area (Å²) in [6.45, 7) is 5.65. The van der Waals surface area contributed by atoms with Gasteiger partial charge in [0.05, 0.1) is 6.61 Å². The number of methoxy groups -OCH3 is 1. The van der Waals surface area contributed by atoms with E-state index in [1.54, 1.807) is 7.11 Å². The second-order valence-corrected chi connectivity index (χ2v) is 6.24. The number of unbranched alkanes of at least 4 members (excludes halogenated alkanes) is 1. The first kappa shape index (κ1) is 15.3. The molecule has 3 heteroatoms. The second kappa shape index (κ2) is 8.93. The highest BCUT2D eigenvalue weighted by Crippen LogP contribution is 2.35. The summed E-state index contributed by atoms with van der Waals surface area (Å²) >= 11 is 0. The zero-order chi connectivity index (χ0) is 13.3. The Morgan fingerprint density at radius 2 is 1.89 bits per heavy atom. The molecule has 1 saturated heterocycles. The van der Waals surface area contributed by atoms with Crippen molar-refractivity contribution in [3.8, 4) is 0 Å². The van der Waals surface area contributed by atoms with Crippen LogP contribution in [0.25, 0.3) is 0 Å². The summed E-state index contributed by atoms with van der Waals surface area (Å²) in [6.07, 6.45) is 11.5. The number of nitrogens with one attached hydrogen (secondary N) is 1. The zero-order valence-electron chi connectivity index (χ0n) is 12.7. The largest absolute Gasteiger partial charge is 0.383 e. The third-order valence-corrected chi connectivity index (χ3v) is 4.89. The Balaban J connectivity index is 1.56. The van der Waals surface area contributed by atoms with Crippen LogP contribution in [0.1, 0.15) is 51.4 Å². The Morgan fingerprint density at radius 3 is 2.79 bits per heavy atom.